The van der Waals surface area contributed by atoms with Gasteiger partial charge in [-0.05, 0) is 43.7 Å². The van der Waals surface area contributed by atoms with Crippen LogP contribution in [0.3, 0.4) is 0 Å². The van der Waals surface area contributed by atoms with Crippen LogP contribution >= 0.6 is 0 Å². The number of halogens is 3. The molecule has 0 saturated carbocycles. The van der Waals surface area contributed by atoms with E-state index in [-0.39, 0.29) is 30.1 Å². The Morgan fingerprint density at radius 1 is 1.09 bits per heavy atom. The quantitative estimate of drug-likeness (QED) is 0.266. The highest BCUT2D eigenvalue weighted by Gasteiger charge is 2.48. The lowest BCUT2D eigenvalue weighted by atomic mass is 10.1. The Morgan fingerprint density at radius 2 is 1.81 bits per heavy atom. The molecule has 0 aliphatic carbocycles. The highest BCUT2D eigenvalue weighted by molar-refractivity contribution is 7.88. The maximum absolute atomic E-state index is 12.7. The number of para-hydroxylation sites is 1. The van der Waals surface area contributed by atoms with Crippen LogP contribution in [-0.2, 0) is 32.7 Å². The number of hydrogen-bond donors (Lipinski definition) is 0. The third kappa shape index (κ3) is 5.52. The van der Waals surface area contributed by atoms with E-state index in [0.29, 0.717) is 16.9 Å². The van der Waals surface area contributed by atoms with Crippen LogP contribution in [0.5, 0.6) is 11.5 Å². The number of furan rings is 1. The predicted octanol–water partition coefficient (Wildman–Crippen LogP) is 4.73. The van der Waals surface area contributed by atoms with Gasteiger partial charge in [-0.25, -0.2) is 0 Å². The van der Waals surface area contributed by atoms with E-state index in [0.717, 1.165) is 6.07 Å². The van der Waals surface area contributed by atoms with Crippen molar-refractivity contribution in [2.75, 3.05) is 0 Å². The molecule has 1 heterocycles. The molecule has 0 aliphatic rings. The summed E-state index contributed by atoms with van der Waals surface area (Å²) in [6, 6.07) is 10.6. The van der Waals surface area contributed by atoms with Crippen LogP contribution in [-0.4, -0.2) is 26.0 Å². The SMILES string of the molecule is CC(C)OC(=O)Cc1ccccc1OCc1cc(OS(=O)(=O)C(F)(F)F)c2ccoc2c1. The summed E-state index contributed by atoms with van der Waals surface area (Å²) < 4.78 is 81.5. The molecule has 0 N–H and O–H groups in total. The highest BCUT2D eigenvalue weighted by atomic mass is 32.2. The molecule has 1 aromatic heterocycles. The van der Waals surface area contributed by atoms with Gasteiger partial charge in [0, 0.05) is 5.56 Å². The minimum atomic E-state index is -5.87. The lowest BCUT2D eigenvalue weighted by Gasteiger charge is -2.14. The number of esters is 1. The van der Waals surface area contributed by atoms with E-state index in [4.69, 9.17) is 13.9 Å². The number of fused-ring (bicyclic) bond motifs is 1. The molecule has 0 radical (unpaired) electrons. The molecule has 3 aromatic rings. The Kier molecular flexibility index (Phi) is 6.68. The summed E-state index contributed by atoms with van der Waals surface area (Å²) in [5, 5.41) is 0.0541. The molecule has 3 rings (SSSR count). The van der Waals surface area contributed by atoms with Crippen LogP contribution in [0.15, 0.2) is 53.1 Å². The Bertz CT molecular complexity index is 1210. The van der Waals surface area contributed by atoms with E-state index < -0.39 is 27.3 Å². The first kappa shape index (κ1) is 23.5. The molecule has 11 heteroatoms. The number of carbonyl (C=O) groups is 1. The number of rotatable bonds is 8. The lowest BCUT2D eigenvalue weighted by molar-refractivity contribution is -0.146. The zero-order chi connectivity index (χ0) is 23.5. The van der Waals surface area contributed by atoms with Gasteiger partial charge >= 0.3 is 21.6 Å². The maximum Gasteiger partial charge on any atom is 0.534 e. The maximum atomic E-state index is 12.7. The van der Waals surface area contributed by atoms with Gasteiger partial charge in [0.15, 0.2) is 5.75 Å². The van der Waals surface area contributed by atoms with Gasteiger partial charge in [-0.3, -0.25) is 4.79 Å². The van der Waals surface area contributed by atoms with Crippen LogP contribution in [0.25, 0.3) is 11.0 Å². The zero-order valence-corrected chi connectivity index (χ0v) is 17.8. The molecule has 0 saturated heterocycles. The van der Waals surface area contributed by atoms with Gasteiger partial charge in [0.25, 0.3) is 0 Å². The molecule has 7 nitrogen and oxygen atoms in total. The molecule has 0 fully saturated rings. The first-order valence-corrected chi connectivity index (χ1v) is 10.8. The molecule has 0 aliphatic heterocycles. The molecule has 32 heavy (non-hydrogen) atoms. The molecule has 0 amide bonds. The summed E-state index contributed by atoms with van der Waals surface area (Å²) in [6.45, 7) is 3.29. The van der Waals surface area contributed by atoms with Gasteiger partial charge in [-0.15, -0.1) is 0 Å². The Hall–Kier alpha value is -3.21. The number of ether oxygens (including phenoxy) is 2. The summed E-state index contributed by atoms with van der Waals surface area (Å²) in [6.07, 6.45) is 0.879. The summed E-state index contributed by atoms with van der Waals surface area (Å²) >= 11 is 0. The van der Waals surface area contributed by atoms with Crippen LogP contribution in [0, 0.1) is 0 Å². The second-order valence-electron chi connectivity index (χ2n) is 7.02. The first-order chi connectivity index (χ1) is 15.0. The summed E-state index contributed by atoms with van der Waals surface area (Å²) in [4.78, 5) is 12.0. The molecule has 0 unspecified atom stereocenters. The number of alkyl halides is 3. The van der Waals surface area contributed by atoms with Crippen molar-refractivity contribution in [2.45, 2.75) is 38.5 Å². The molecule has 0 spiro atoms. The lowest BCUT2D eigenvalue weighted by Crippen LogP contribution is -2.28. The average molecular weight is 472 g/mol. The molecule has 2 aromatic carbocycles. The minimum absolute atomic E-state index is 0.0379. The smallest absolute Gasteiger partial charge is 0.489 e. The number of benzene rings is 2. The van der Waals surface area contributed by atoms with Gasteiger partial charge in [-0.2, -0.15) is 21.6 Å². The summed E-state index contributed by atoms with van der Waals surface area (Å²) in [7, 11) is -5.87. The van der Waals surface area contributed by atoms with Gasteiger partial charge < -0.3 is 18.1 Å². The Balaban J connectivity index is 1.83. The third-order valence-corrected chi connectivity index (χ3v) is 5.11. The normalized spacial score (nSPS) is 12.2. The molecular formula is C21H19F3O7S. The van der Waals surface area contributed by atoms with E-state index >= 15 is 0 Å². The molecule has 172 valence electrons. The van der Waals surface area contributed by atoms with Gasteiger partial charge in [0.05, 0.1) is 24.2 Å². The van der Waals surface area contributed by atoms with E-state index in [1.807, 2.05) is 0 Å². The van der Waals surface area contributed by atoms with Gasteiger partial charge in [0.1, 0.15) is 17.9 Å². The standard InChI is InChI=1S/C21H19F3O7S/c1-13(2)30-20(25)11-15-5-3-4-6-17(15)29-12-14-9-18-16(7-8-28-18)19(10-14)31-32(26,27)21(22,23)24/h3-10,13H,11-12H2,1-2H3. The zero-order valence-electron chi connectivity index (χ0n) is 17.0. The van der Waals surface area contributed by atoms with Gasteiger partial charge in [-0.1, -0.05) is 18.2 Å². The summed E-state index contributed by atoms with van der Waals surface area (Å²) in [5.41, 5.74) is -4.63. The molecule has 0 atom stereocenters. The van der Waals surface area contributed by atoms with E-state index in [2.05, 4.69) is 4.18 Å². The van der Waals surface area contributed by atoms with E-state index in [9.17, 15) is 26.4 Å². The number of carbonyl (C=O) groups excluding carboxylic acids is 1. The second-order valence-corrected chi connectivity index (χ2v) is 8.56. The van der Waals surface area contributed by atoms with Crippen LogP contribution < -0.4 is 8.92 Å². The van der Waals surface area contributed by atoms with Crippen LogP contribution in [0.2, 0.25) is 0 Å². The van der Waals surface area contributed by atoms with Crippen molar-refractivity contribution in [1.29, 1.82) is 0 Å². The monoisotopic (exact) mass is 472 g/mol. The van der Waals surface area contributed by atoms with Crippen molar-refractivity contribution >= 4 is 27.1 Å². The van der Waals surface area contributed by atoms with E-state index in [1.165, 1.54) is 18.4 Å². The highest BCUT2D eigenvalue weighted by Crippen LogP contribution is 2.34. The number of hydrogen-bond acceptors (Lipinski definition) is 7. The van der Waals surface area contributed by atoms with Crippen molar-refractivity contribution in [2.24, 2.45) is 0 Å². The van der Waals surface area contributed by atoms with Crippen LogP contribution in [0.4, 0.5) is 13.2 Å². The average Bonchev–Trinajstić information content (AvgIpc) is 3.14. The van der Waals surface area contributed by atoms with Crippen molar-refractivity contribution in [3.63, 3.8) is 0 Å². The third-order valence-electron chi connectivity index (χ3n) is 4.15. The Morgan fingerprint density at radius 3 is 2.50 bits per heavy atom. The molecule has 0 bridgehead atoms. The predicted molar refractivity (Wildman–Crippen MR) is 108 cm³/mol. The van der Waals surface area contributed by atoms with Crippen LogP contribution in [0.1, 0.15) is 25.0 Å². The van der Waals surface area contributed by atoms with Crippen molar-refractivity contribution in [3.8, 4) is 11.5 Å². The fourth-order valence-electron chi connectivity index (χ4n) is 2.82. The topological polar surface area (TPSA) is 92.0 Å². The van der Waals surface area contributed by atoms with Crippen molar-refractivity contribution in [1.82, 2.24) is 0 Å². The van der Waals surface area contributed by atoms with Crippen molar-refractivity contribution < 1.29 is 44.5 Å². The Labute approximate surface area is 181 Å². The largest absolute Gasteiger partial charge is 0.534 e. The van der Waals surface area contributed by atoms with Gasteiger partial charge in [0.2, 0.25) is 0 Å². The first-order valence-electron chi connectivity index (χ1n) is 9.37. The molecular weight excluding hydrogens is 453 g/mol. The fourth-order valence-corrected chi connectivity index (χ4v) is 3.29. The second kappa shape index (κ2) is 9.11. The van der Waals surface area contributed by atoms with E-state index in [1.54, 1.807) is 38.1 Å². The summed E-state index contributed by atoms with van der Waals surface area (Å²) in [5.74, 6) is -0.625. The fraction of sp³-hybridized carbons (Fsp3) is 0.286. The minimum Gasteiger partial charge on any atom is -0.489 e. The van der Waals surface area contributed by atoms with Crippen molar-refractivity contribution in [3.05, 3.63) is 59.9 Å².